The fourth-order valence-corrected chi connectivity index (χ4v) is 3.27. The van der Waals surface area contributed by atoms with E-state index in [1.807, 2.05) is 54.6 Å². The molecular weight excluding hydrogens is 334 g/mol. The van der Waals surface area contributed by atoms with Crippen molar-refractivity contribution < 1.29 is 25.2 Å². The second kappa shape index (κ2) is 8.62. The minimum absolute atomic E-state index is 0.179. The maximum Gasteiger partial charge on any atom is 0.120 e. The largest absolute Gasteiger partial charge is 0.489 e. The minimum Gasteiger partial charge on any atom is -0.489 e. The lowest BCUT2D eigenvalue weighted by Crippen LogP contribution is -2.62. The van der Waals surface area contributed by atoms with Gasteiger partial charge in [-0.05, 0) is 23.3 Å². The van der Waals surface area contributed by atoms with E-state index in [-0.39, 0.29) is 13.2 Å². The van der Waals surface area contributed by atoms with Gasteiger partial charge in [-0.25, -0.2) is 0 Å². The number of ether oxygens (including phenoxy) is 1. The first-order valence-electron chi connectivity index (χ1n) is 8.73. The van der Waals surface area contributed by atoms with Crippen molar-refractivity contribution in [3.05, 3.63) is 65.7 Å². The maximum absolute atomic E-state index is 10.1. The Morgan fingerprint density at radius 3 is 2.38 bits per heavy atom. The van der Waals surface area contributed by atoms with E-state index in [0.29, 0.717) is 13.2 Å². The highest BCUT2D eigenvalue weighted by Gasteiger charge is 2.40. The smallest absolute Gasteiger partial charge is 0.120 e. The molecule has 0 amide bonds. The Balaban J connectivity index is 1.66. The predicted octanol–water partition coefficient (Wildman–Crippen LogP) is 0.525. The molecule has 1 aliphatic rings. The summed E-state index contributed by atoms with van der Waals surface area (Å²) in [7, 11) is 0. The molecule has 6 nitrogen and oxygen atoms in total. The van der Waals surface area contributed by atoms with Crippen LogP contribution in [0.1, 0.15) is 11.1 Å². The van der Waals surface area contributed by atoms with Gasteiger partial charge in [-0.3, -0.25) is 4.90 Å². The molecule has 2 aromatic carbocycles. The number of rotatable bonds is 6. The Hall–Kier alpha value is -1.96. The van der Waals surface area contributed by atoms with Gasteiger partial charge in [0.25, 0.3) is 0 Å². The van der Waals surface area contributed by atoms with Crippen LogP contribution in [0.5, 0.6) is 5.75 Å². The molecule has 26 heavy (non-hydrogen) atoms. The SMILES string of the molecule is OCC1C(O)C(O)C(O)CN1Cc1cccc(OCc2ccccc2)c1. The summed E-state index contributed by atoms with van der Waals surface area (Å²) in [4.78, 5) is 1.78. The van der Waals surface area contributed by atoms with E-state index >= 15 is 0 Å². The first kappa shape index (κ1) is 18.8. The van der Waals surface area contributed by atoms with E-state index in [2.05, 4.69) is 0 Å². The molecule has 4 atom stereocenters. The van der Waals surface area contributed by atoms with Crippen molar-refractivity contribution in [2.24, 2.45) is 0 Å². The number of nitrogens with zero attached hydrogens (tertiary/aromatic N) is 1. The van der Waals surface area contributed by atoms with Gasteiger partial charge in [-0.15, -0.1) is 0 Å². The number of aliphatic hydroxyl groups is 4. The molecule has 0 radical (unpaired) electrons. The molecule has 2 aromatic rings. The van der Waals surface area contributed by atoms with Crippen LogP contribution in [0.4, 0.5) is 0 Å². The molecule has 0 aliphatic carbocycles. The fraction of sp³-hybridized carbons (Fsp3) is 0.400. The summed E-state index contributed by atoms with van der Waals surface area (Å²) in [5.41, 5.74) is 2.01. The van der Waals surface area contributed by atoms with Gasteiger partial charge in [0.15, 0.2) is 0 Å². The second-order valence-corrected chi connectivity index (χ2v) is 6.65. The molecule has 4 N–H and O–H groups in total. The number of piperidine rings is 1. The molecule has 1 aliphatic heterocycles. The van der Waals surface area contributed by atoms with Crippen LogP contribution in [0.2, 0.25) is 0 Å². The van der Waals surface area contributed by atoms with E-state index in [0.717, 1.165) is 16.9 Å². The molecule has 0 saturated carbocycles. The number of likely N-dealkylation sites (tertiary alicyclic amines) is 1. The van der Waals surface area contributed by atoms with Gasteiger partial charge in [0.05, 0.1) is 18.8 Å². The predicted molar refractivity (Wildman–Crippen MR) is 96.5 cm³/mol. The Kier molecular flexibility index (Phi) is 6.24. The topological polar surface area (TPSA) is 93.4 Å². The summed E-state index contributed by atoms with van der Waals surface area (Å²) in [6.07, 6.45) is -3.49. The molecule has 0 aromatic heterocycles. The maximum atomic E-state index is 10.1. The zero-order valence-corrected chi connectivity index (χ0v) is 14.5. The van der Waals surface area contributed by atoms with E-state index in [1.165, 1.54) is 0 Å². The van der Waals surface area contributed by atoms with Gasteiger partial charge in [0.1, 0.15) is 24.6 Å². The van der Waals surface area contributed by atoms with Gasteiger partial charge in [-0.2, -0.15) is 0 Å². The van der Waals surface area contributed by atoms with Gasteiger partial charge in [0.2, 0.25) is 0 Å². The average Bonchev–Trinajstić information content (AvgIpc) is 2.66. The normalized spacial score (nSPS) is 26.6. The van der Waals surface area contributed by atoms with Crippen molar-refractivity contribution in [3.8, 4) is 5.75 Å². The fourth-order valence-electron chi connectivity index (χ4n) is 3.27. The van der Waals surface area contributed by atoms with Gasteiger partial charge in [-0.1, -0.05) is 42.5 Å². The van der Waals surface area contributed by atoms with Gasteiger partial charge < -0.3 is 25.2 Å². The lowest BCUT2D eigenvalue weighted by molar-refractivity contribution is -0.147. The van der Waals surface area contributed by atoms with Gasteiger partial charge in [0, 0.05) is 13.1 Å². The molecule has 6 heteroatoms. The first-order chi connectivity index (χ1) is 12.6. The summed E-state index contributed by atoms with van der Waals surface area (Å²) in [6, 6.07) is 16.8. The third kappa shape index (κ3) is 4.41. The molecule has 1 heterocycles. The van der Waals surface area contributed by atoms with Crippen LogP contribution >= 0.6 is 0 Å². The Morgan fingerprint density at radius 1 is 0.923 bits per heavy atom. The van der Waals surface area contributed by atoms with Crippen LogP contribution in [0, 0.1) is 0 Å². The van der Waals surface area contributed by atoms with Crippen LogP contribution in [0.15, 0.2) is 54.6 Å². The van der Waals surface area contributed by atoms with Gasteiger partial charge >= 0.3 is 0 Å². The molecule has 1 fully saturated rings. The van der Waals surface area contributed by atoms with Crippen LogP contribution in [-0.2, 0) is 13.2 Å². The number of aliphatic hydroxyl groups excluding tert-OH is 4. The van der Waals surface area contributed by atoms with E-state index in [4.69, 9.17) is 4.74 Å². The van der Waals surface area contributed by atoms with Crippen LogP contribution < -0.4 is 4.74 Å². The zero-order valence-electron chi connectivity index (χ0n) is 14.5. The summed E-state index contributed by atoms with van der Waals surface area (Å²) < 4.78 is 5.83. The van der Waals surface area contributed by atoms with Crippen LogP contribution in [0.25, 0.3) is 0 Å². The Labute approximate surface area is 152 Å². The monoisotopic (exact) mass is 359 g/mol. The summed E-state index contributed by atoms with van der Waals surface area (Å²) in [5, 5.41) is 39.4. The van der Waals surface area contributed by atoms with Crippen molar-refractivity contribution in [2.45, 2.75) is 37.5 Å². The lowest BCUT2D eigenvalue weighted by Gasteiger charge is -2.43. The molecule has 3 rings (SSSR count). The molecular formula is C20H25NO5. The highest BCUT2D eigenvalue weighted by molar-refractivity contribution is 5.29. The average molecular weight is 359 g/mol. The van der Waals surface area contributed by atoms with Crippen molar-refractivity contribution in [3.63, 3.8) is 0 Å². The molecule has 1 saturated heterocycles. The number of hydrogen-bond donors (Lipinski definition) is 4. The first-order valence-corrected chi connectivity index (χ1v) is 8.73. The Morgan fingerprint density at radius 2 is 1.65 bits per heavy atom. The molecule has 140 valence electrons. The molecule has 0 bridgehead atoms. The van der Waals surface area contributed by atoms with Crippen molar-refractivity contribution in [2.75, 3.05) is 13.2 Å². The Bertz CT molecular complexity index is 696. The summed E-state index contributed by atoms with van der Waals surface area (Å²) in [5.74, 6) is 0.727. The van der Waals surface area contributed by atoms with E-state index < -0.39 is 24.4 Å². The number of hydrogen-bond acceptors (Lipinski definition) is 6. The minimum atomic E-state index is -1.25. The van der Waals surface area contributed by atoms with Crippen LogP contribution in [-0.4, -0.2) is 62.8 Å². The second-order valence-electron chi connectivity index (χ2n) is 6.65. The standard InChI is InChI=1S/C20H25NO5/c22-12-17-19(24)20(25)18(23)11-21(17)10-15-7-4-8-16(9-15)26-13-14-5-2-1-3-6-14/h1-9,17-20,22-25H,10-13H2. The number of benzene rings is 2. The van der Waals surface area contributed by atoms with E-state index in [9.17, 15) is 20.4 Å². The van der Waals surface area contributed by atoms with Crippen molar-refractivity contribution in [1.82, 2.24) is 4.90 Å². The van der Waals surface area contributed by atoms with Crippen molar-refractivity contribution in [1.29, 1.82) is 0 Å². The third-order valence-corrected chi connectivity index (χ3v) is 4.75. The highest BCUT2D eigenvalue weighted by Crippen LogP contribution is 2.23. The summed E-state index contributed by atoms with van der Waals surface area (Å²) in [6.45, 7) is 0.777. The lowest BCUT2D eigenvalue weighted by atomic mass is 9.93. The summed E-state index contributed by atoms with van der Waals surface area (Å²) >= 11 is 0. The highest BCUT2D eigenvalue weighted by atomic mass is 16.5. The van der Waals surface area contributed by atoms with Crippen molar-refractivity contribution >= 4 is 0 Å². The molecule has 0 spiro atoms. The number of β-amino-alcohol motifs (C(OH)–C–C–N with tert-alkyl or cyclic N) is 1. The quantitative estimate of drug-likeness (QED) is 0.601. The molecule has 4 unspecified atom stereocenters. The van der Waals surface area contributed by atoms with Crippen LogP contribution in [0.3, 0.4) is 0 Å². The third-order valence-electron chi connectivity index (χ3n) is 4.75. The zero-order chi connectivity index (χ0) is 18.5. The van der Waals surface area contributed by atoms with E-state index in [1.54, 1.807) is 4.90 Å².